The van der Waals surface area contributed by atoms with Crippen molar-refractivity contribution in [1.82, 2.24) is 5.32 Å². The van der Waals surface area contributed by atoms with Crippen LogP contribution in [0.3, 0.4) is 0 Å². The second-order valence-electron chi connectivity index (χ2n) is 9.62. The third kappa shape index (κ3) is 7.32. The number of rotatable bonds is 13. The van der Waals surface area contributed by atoms with Crippen molar-refractivity contribution in [3.8, 4) is 11.1 Å². The van der Waals surface area contributed by atoms with Crippen LogP contribution >= 0.6 is 7.82 Å². The largest absolute Gasteiger partial charge is 0.480 e. The van der Waals surface area contributed by atoms with E-state index in [1.54, 1.807) is 48.5 Å². The Morgan fingerprint density at radius 1 is 0.714 bits per heavy atom. The fraction of sp³-hybridized carbons (Fsp3) is 0.188. The van der Waals surface area contributed by atoms with Crippen LogP contribution in [-0.4, -0.2) is 36.4 Å². The topological polar surface area (TPSA) is 120 Å². The zero-order chi connectivity index (χ0) is 29.4. The molecule has 216 valence electrons. The molecule has 0 fully saturated rings. The highest BCUT2D eigenvalue weighted by Crippen LogP contribution is 2.51. The lowest BCUT2D eigenvalue weighted by Crippen LogP contribution is -2.44. The third-order valence-electron chi connectivity index (χ3n) is 6.80. The summed E-state index contributed by atoms with van der Waals surface area (Å²) in [6, 6.07) is 32.2. The third-order valence-corrected chi connectivity index (χ3v) is 8.15. The number of fused-ring (bicyclic) bond motifs is 3. The molecule has 2 N–H and O–H groups in total. The Balaban J connectivity index is 1.21. The van der Waals surface area contributed by atoms with E-state index in [9.17, 15) is 19.3 Å². The molecule has 5 rings (SSSR count). The molecule has 9 nitrogen and oxygen atoms in total. The Labute approximate surface area is 243 Å². The van der Waals surface area contributed by atoms with Crippen LogP contribution in [-0.2, 0) is 40.9 Å². The maximum absolute atomic E-state index is 13.5. The highest BCUT2D eigenvalue weighted by atomic mass is 31.2. The quantitative estimate of drug-likeness (QED) is 0.169. The van der Waals surface area contributed by atoms with Crippen molar-refractivity contribution in [2.24, 2.45) is 0 Å². The normalized spacial score (nSPS) is 13.1. The van der Waals surface area contributed by atoms with Crippen LogP contribution in [0.15, 0.2) is 109 Å². The van der Waals surface area contributed by atoms with Crippen molar-refractivity contribution in [2.45, 2.75) is 25.2 Å². The number of carbonyl (C=O) groups is 2. The van der Waals surface area contributed by atoms with E-state index in [0.717, 1.165) is 33.4 Å². The van der Waals surface area contributed by atoms with Gasteiger partial charge in [0.25, 0.3) is 0 Å². The number of carbonyl (C=O) groups excluding carboxylic acids is 1. The van der Waals surface area contributed by atoms with E-state index in [1.165, 1.54) is 0 Å². The highest BCUT2D eigenvalue weighted by molar-refractivity contribution is 7.48. The number of carboxylic acid groups (broad SMARTS) is 1. The maximum Gasteiger partial charge on any atom is 0.475 e. The zero-order valence-corrected chi connectivity index (χ0v) is 23.5. The lowest BCUT2D eigenvalue weighted by Gasteiger charge is -2.21. The van der Waals surface area contributed by atoms with Gasteiger partial charge in [-0.15, -0.1) is 0 Å². The van der Waals surface area contributed by atoms with Crippen molar-refractivity contribution in [3.05, 3.63) is 131 Å². The minimum atomic E-state index is -4.25. The zero-order valence-electron chi connectivity index (χ0n) is 22.6. The Morgan fingerprint density at radius 2 is 1.19 bits per heavy atom. The highest BCUT2D eigenvalue weighted by Gasteiger charge is 2.33. The summed E-state index contributed by atoms with van der Waals surface area (Å²) in [5.74, 6) is -1.60. The molecular weight excluding hydrogens is 557 g/mol. The number of hydrogen-bond donors (Lipinski definition) is 2. The number of alkyl carbamates (subject to hydrolysis) is 1. The predicted molar refractivity (Wildman–Crippen MR) is 156 cm³/mol. The van der Waals surface area contributed by atoms with Crippen LogP contribution in [0, 0.1) is 0 Å². The Kier molecular flexibility index (Phi) is 9.46. The van der Waals surface area contributed by atoms with Gasteiger partial charge in [0.05, 0.1) is 19.8 Å². The first kappa shape index (κ1) is 29.2. The van der Waals surface area contributed by atoms with Gasteiger partial charge in [-0.3, -0.25) is 13.6 Å². The molecule has 0 radical (unpaired) electrons. The summed E-state index contributed by atoms with van der Waals surface area (Å²) in [5.41, 5.74) is 5.63. The van der Waals surface area contributed by atoms with Crippen molar-refractivity contribution in [1.29, 1.82) is 0 Å². The molecule has 4 aromatic rings. The lowest BCUT2D eigenvalue weighted by molar-refractivity contribution is -0.140. The molecule has 0 aliphatic heterocycles. The van der Waals surface area contributed by atoms with Crippen LogP contribution < -0.4 is 5.32 Å². The van der Waals surface area contributed by atoms with Gasteiger partial charge in [0, 0.05) is 5.92 Å². The number of aliphatic carboxylic acids is 1. The minimum absolute atomic E-state index is 0.00588. The molecular formula is C32H30NO8P. The summed E-state index contributed by atoms with van der Waals surface area (Å²) in [4.78, 5) is 24.7. The second kappa shape index (κ2) is 13.6. The van der Waals surface area contributed by atoms with Gasteiger partial charge in [0.15, 0.2) is 6.04 Å². The molecule has 1 unspecified atom stereocenters. The fourth-order valence-electron chi connectivity index (χ4n) is 4.69. The summed E-state index contributed by atoms with van der Waals surface area (Å²) in [6.07, 6.45) is -0.946. The van der Waals surface area contributed by atoms with Gasteiger partial charge in [-0.05, 0) is 33.4 Å². The van der Waals surface area contributed by atoms with E-state index in [-0.39, 0.29) is 25.7 Å². The minimum Gasteiger partial charge on any atom is -0.480 e. The summed E-state index contributed by atoms with van der Waals surface area (Å²) in [5, 5.41) is 12.0. The second-order valence-corrected chi connectivity index (χ2v) is 11.3. The Hall–Kier alpha value is -4.27. The molecule has 0 spiro atoms. The number of benzene rings is 4. The predicted octanol–water partition coefficient (Wildman–Crippen LogP) is 6.54. The van der Waals surface area contributed by atoms with Gasteiger partial charge < -0.3 is 15.2 Å². The van der Waals surface area contributed by atoms with E-state index >= 15 is 0 Å². The molecule has 1 amide bonds. The molecule has 0 saturated heterocycles. The number of ether oxygens (including phenoxy) is 1. The van der Waals surface area contributed by atoms with Crippen LogP contribution in [0.1, 0.15) is 28.2 Å². The summed E-state index contributed by atoms with van der Waals surface area (Å²) < 4.78 is 35.4. The number of phosphoric ester groups is 1. The molecule has 0 aromatic heterocycles. The van der Waals surface area contributed by atoms with Crippen molar-refractivity contribution < 1.29 is 37.6 Å². The molecule has 0 heterocycles. The van der Waals surface area contributed by atoms with Gasteiger partial charge in [0.2, 0.25) is 0 Å². The van der Waals surface area contributed by atoms with Crippen LogP contribution in [0.2, 0.25) is 0 Å². The average Bonchev–Trinajstić information content (AvgIpc) is 3.34. The molecule has 1 atom stereocenters. The average molecular weight is 588 g/mol. The van der Waals surface area contributed by atoms with E-state index in [2.05, 4.69) is 5.32 Å². The lowest BCUT2D eigenvalue weighted by atomic mass is 9.98. The molecule has 4 aromatic carbocycles. The van der Waals surface area contributed by atoms with Crippen molar-refractivity contribution in [2.75, 3.05) is 13.2 Å². The first-order chi connectivity index (χ1) is 20.4. The van der Waals surface area contributed by atoms with E-state index in [1.807, 2.05) is 60.7 Å². The standard InChI is InChI=1S/C32H30NO8P/c34-31(35)30(33-32(36)38-21-29-27-17-9-7-15-25(27)26-16-8-10-18-28(26)29)22-41-42(37,39-19-23-11-3-1-4-12-23)40-20-24-13-5-2-6-14-24/h1-18,29-30H,19-22H2,(H,33,36)(H,34,35). The first-order valence-corrected chi connectivity index (χ1v) is 14.8. The van der Waals surface area contributed by atoms with Gasteiger partial charge in [-0.2, -0.15) is 0 Å². The number of hydrogen-bond acceptors (Lipinski definition) is 7. The van der Waals surface area contributed by atoms with Gasteiger partial charge >= 0.3 is 19.9 Å². The molecule has 0 bridgehead atoms. The van der Waals surface area contributed by atoms with Crippen LogP contribution in [0.4, 0.5) is 4.79 Å². The number of amides is 1. The van der Waals surface area contributed by atoms with Gasteiger partial charge in [-0.1, -0.05) is 109 Å². The van der Waals surface area contributed by atoms with Crippen LogP contribution in [0.25, 0.3) is 11.1 Å². The molecule has 10 heteroatoms. The smallest absolute Gasteiger partial charge is 0.475 e. The molecule has 0 saturated carbocycles. The SMILES string of the molecule is O=C(NC(COP(=O)(OCc1ccccc1)OCc1ccccc1)C(=O)O)OCC1c2ccccc2-c2ccccc21. The van der Waals surface area contributed by atoms with Gasteiger partial charge in [-0.25, -0.2) is 14.2 Å². The van der Waals surface area contributed by atoms with Crippen molar-refractivity contribution >= 4 is 19.9 Å². The number of carboxylic acids is 1. The summed E-state index contributed by atoms with van der Waals surface area (Å²) >= 11 is 0. The Morgan fingerprint density at radius 3 is 1.69 bits per heavy atom. The maximum atomic E-state index is 13.5. The molecule has 1 aliphatic carbocycles. The van der Waals surface area contributed by atoms with Gasteiger partial charge in [0.1, 0.15) is 6.61 Å². The summed E-state index contributed by atoms with van der Waals surface area (Å²) in [6.45, 7) is -0.860. The molecule has 42 heavy (non-hydrogen) atoms. The van der Waals surface area contributed by atoms with Crippen molar-refractivity contribution in [3.63, 3.8) is 0 Å². The summed E-state index contributed by atoms with van der Waals surface area (Å²) in [7, 11) is -4.25. The van der Waals surface area contributed by atoms with Crippen LogP contribution in [0.5, 0.6) is 0 Å². The number of nitrogens with one attached hydrogen (secondary N) is 1. The van der Waals surface area contributed by atoms with E-state index in [4.69, 9.17) is 18.3 Å². The monoisotopic (exact) mass is 587 g/mol. The first-order valence-electron chi connectivity index (χ1n) is 13.4. The Bertz CT molecular complexity index is 1470. The number of phosphoric acid groups is 1. The fourth-order valence-corrected chi connectivity index (χ4v) is 5.86. The van der Waals surface area contributed by atoms with E-state index < -0.39 is 32.5 Å². The molecule has 1 aliphatic rings. The van der Waals surface area contributed by atoms with E-state index in [0.29, 0.717) is 0 Å².